The average molecular weight is 324 g/mol. The van der Waals surface area contributed by atoms with Crippen LogP contribution in [0.1, 0.15) is 55.2 Å². The second-order valence-corrected chi connectivity index (χ2v) is 7.17. The van der Waals surface area contributed by atoms with Crippen molar-refractivity contribution in [3.05, 3.63) is 59.2 Å². The molecule has 2 aromatic carbocycles. The molecule has 3 atom stereocenters. The van der Waals surface area contributed by atoms with E-state index in [2.05, 4.69) is 6.92 Å². The highest BCUT2D eigenvalue weighted by Gasteiger charge is 2.46. The van der Waals surface area contributed by atoms with Gasteiger partial charge in [-0.05, 0) is 42.5 Å². The van der Waals surface area contributed by atoms with Crippen LogP contribution < -0.4 is 4.74 Å². The zero-order chi connectivity index (χ0) is 16.7. The molecule has 0 amide bonds. The van der Waals surface area contributed by atoms with Crippen molar-refractivity contribution in [3.63, 3.8) is 0 Å². The van der Waals surface area contributed by atoms with Gasteiger partial charge in [-0.3, -0.25) is 0 Å². The number of phenolic OH excluding ortho intramolecular Hbond substituents is 1. The van der Waals surface area contributed by atoms with E-state index in [4.69, 9.17) is 4.74 Å². The maximum absolute atomic E-state index is 11.1. The summed E-state index contributed by atoms with van der Waals surface area (Å²) in [5, 5.41) is 21.4. The fourth-order valence-electron chi connectivity index (χ4n) is 4.30. The summed E-state index contributed by atoms with van der Waals surface area (Å²) in [5.41, 5.74) is 2.21. The summed E-state index contributed by atoms with van der Waals surface area (Å²) in [6, 6.07) is 13.8. The lowest BCUT2D eigenvalue weighted by Gasteiger charge is -2.38. The van der Waals surface area contributed by atoms with Gasteiger partial charge in [0.2, 0.25) is 0 Å². The third kappa shape index (κ3) is 2.48. The summed E-state index contributed by atoms with van der Waals surface area (Å²) in [5.74, 6) is 1.54. The molecule has 0 saturated heterocycles. The van der Waals surface area contributed by atoms with Gasteiger partial charge in [-0.15, -0.1) is 0 Å². The number of fused-ring (bicyclic) bond motifs is 3. The quantitative estimate of drug-likeness (QED) is 0.887. The first-order chi connectivity index (χ1) is 11.6. The molecule has 3 unspecified atom stereocenters. The number of benzene rings is 2. The van der Waals surface area contributed by atoms with Crippen LogP contribution in [0, 0.1) is 0 Å². The first-order valence-corrected chi connectivity index (χ1v) is 8.91. The van der Waals surface area contributed by atoms with Crippen LogP contribution in [0.3, 0.4) is 0 Å². The van der Waals surface area contributed by atoms with Crippen molar-refractivity contribution in [3.8, 4) is 11.5 Å². The Bertz CT molecular complexity index is 740. The minimum absolute atomic E-state index is 0.0183. The zero-order valence-electron chi connectivity index (χ0n) is 14.0. The number of phenols is 1. The van der Waals surface area contributed by atoms with Gasteiger partial charge in [-0.2, -0.15) is 0 Å². The molecule has 0 aromatic heterocycles. The molecule has 2 aliphatic rings. The Morgan fingerprint density at radius 2 is 2.00 bits per heavy atom. The predicted octanol–water partition coefficient (Wildman–Crippen LogP) is 4.26. The van der Waals surface area contributed by atoms with E-state index >= 15 is 0 Å². The number of aliphatic hydroxyl groups is 1. The lowest BCUT2D eigenvalue weighted by atomic mass is 9.72. The standard InChI is InChI=1S/C21H24O3/c1-2-6-14-11-19-17(12-18(14)22)16-9-10-21(23,13-20(16)24-19)15-7-4-3-5-8-15/h3-5,7-8,11-12,16,20,22-23H,2,6,9-10,13H2,1H3. The highest BCUT2D eigenvalue weighted by atomic mass is 16.5. The molecule has 0 radical (unpaired) electrons. The fourth-order valence-corrected chi connectivity index (χ4v) is 4.30. The number of aromatic hydroxyl groups is 1. The molecule has 1 heterocycles. The van der Waals surface area contributed by atoms with Crippen molar-refractivity contribution in [2.45, 2.75) is 56.7 Å². The van der Waals surface area contributed by atoms with Crippen LogP contribution in [0.4, 0.5) is 0 Å². The molecule has 0 bridgehead atoms. The fraction of sp³-hybridized carbons (Fsp3) is 0.429. The maximum Gasteiger partial charge on any atom is 0.123 e. The van der Waals surface area contributed by atoms with E-state index in [0.29, 0.717) is 12.2 Å². The Labute approximate surface area is 142 Å². The molecule has 0 spiro atoms. The number of hydrogen-bond donors (Lipinski definition) is 2. The first kappa shape index (κ1) is 15.5. The Kier molecular flexibility index (Phi) is 3.76. The van der Waals surface area contributed by atoms with Crippen LogP contribution in [-0.2, 0) is 12.0 Å². The molecule has 2 aromatic rings. The third-order valence-electron chi connectivity index (χ3n) is 5.58. The molecule has 3 heteroatoms. The van der Waals surface area contributed by atoms with Gasteiger partial charge in [0, 0.05) is 17.9 Å². The minimum atomic E-state index is -0.821. The smallest absolute Gasteiger partial charge is 0.123 e. The zero-order valence-corrected chi connectivity index (χ0v) is 14.0. The lowest BCUT2D eigenvalue weighted by molar-refractivity contribution is -0.0429. The summed E-state index contributed by atoms with van der Waals surface area (Å²) >= 11 is 0. The van der Waals surface area contributed by atoms with Gasteiger partial charge in [-0.25, -0.2) is 0 Å². The van der Waals surface area contributed by atoms with Crippen molar-refractivity contribution < 1.29 is 14.9 Å². The van der Waals surface area contributed by atoms with Crippen LogP contribution in [0.5, 0.6) is 11.5 Å². The summed E-state index contributed by atoms with van der Waals surface area (Å²) < 4.78 is 6.20. The van der Waals surface area contributed by atoms with E-state index in [1.165, 1.54) is 0 Å². The molecular weight excluding hydrogens is 300 g/mol. The van der Waals surface area contributed by atoms with Gasteiger partial charge in [0.15, 0.2) is 0 Å². The summed E-state index contributed by atoms with van der Waals surface area (Å²) in [7, 11) is 0. The molecule has 24 heavy (non-hydrogen) atoms. The highest BCUT2D eigenvalue weighted by Crippen LogP contribution is 2.52. The van der Waals surface area contributed by atoms with Gasteiger partial charge < -0.3 is 14.9 Å². The predicted molar refractivity (Wildman–Crippen MR) is 93.4 cm³/mol. The van der Waals surface area contributed by atoms with E-state index in [1.807, 2.05) is 42.5 Å². The highest BCUT2D eigenvalue weighted by molar-refractivity contribution is 5.51. The van der Waals surface area contributed by atoms with Crippen molar-refractivity contribution >= 4 is 0 Å². The number of hydrogen-bond acceptors (Lipinski definition) is 3. The molecule has 4 rings (SSSR count). The van der Waals surface area contributed by atoms with Crippen LogP contribution in [0.2, 0.25) is 0 Å². The molecule has 1 aliphatic carbocycles. The van der Waals surface area contributed by atoms with Gasteiger partial charge >= 0.3 is 0 Å². The lowest BCUT2D eigenvalue weighted by Crippen LogP contribution is -2.39. The number of ether oxygens (including phenoxy) is 1. The van der Waals surface area contributed by atoms with Crippen LogP contribution >= 0.6 is 0 Å². The second kappa shape index (κ2) is 5.82. The van der Waals surface area contributed by atoms with E-state index in [-0.39, 0.29) is 12.0 Å². The van der Waals surface area contributed by atoms with Gasteiger partial charge in [0.05, 0.1) is 5.60 Å². The number of rotatable bonds is 3. The van der Waals surface area contributed by atoms with Crippen molar-refractivity contribution in [2.75, 3.05) is 0 Å². The maximum atomic E-state index is 11.1. The SMILES string of the molecule is CCCc1cc2c(cc1O)C1CCC(O)(c3ccccc3)CC1O2. The van der Waals surface area contributed by atoms with Crippen molar-refractivity contribution in [2.24, 2.45) is 0 Å². The Balaban J connectivity index is 1.62. The van der Waals surface area contributed by atoms with Crippen molar-refractivity contribution in [1.82, 2.24) is 0 Å². The van der Waals surface area contributed by atoms with Gasteiger partial charge in [-0.1, -0.05) is 43.7 Å². The Morgan fingerprint density at radius 1 is 1.21 bits per heavy atom. The van der Waals surface area contributed by atoms with E-state index in [0.717, 1.165) is 48.1 Å². The monoisotopic (exact) mass is 324 g/mol. The van der Waals surface area contributed by atoms with Crippen molar-refractivity contribution in [1.29, 1.82) is 0 Å². The molecule has 1 saturated carbocycles. The average Bonchev–Trinajstić information content (AvgIpc) is 2.92. The molecule has 1 aliphatic heterocycles. The Morgan fingerprint density at radius 3 is 2.75 bits per heavy atom. The second-order valence-electron chi connectivity index (χ2n) is 7.17. The van der Waals surface area contributed by atoms with Gasteiger partial charge in [0.25, 0.3) is 0 Å². The normalized spacial score (nSPS) is 28.1. The van der Waals surface area contributed by atoms with Crippen LogP contribution in [0.15, 0.2) is 42.5 Å². The number of aryl methyl sites for hydroxylation is 1. The van der Waals surface area contributed by atoms with E-state index in [9.17, 15) is 10.2 Å². The van der Waals surface area contributed by atoms with Gasteiger partial charge in [0.1, 0.15) is 17.6 Å². The van der Waals surface area contributed by atoms with Crippen LogP contribution in [0.25, 0.3) is 0 Å². The molecular formula is C21H24O3. The minimum Gasteiger partial charge on any atom is -0.508 e. The first-order valence-electron chi connectivity index (χ1n) is 8.91. The Hall–Kier alpha value is -2.00. The van der Waals surface area contributed by atoms with E-state index in [1.54, 1.807) is 0 Å². The van der Waals surface area contributed by atoms with E-state index < -0.39 is 5.60 Å². The molecule has 3 nitrogen and oxygen atoms in total. The topological polar surface area (TPSA) is 49.7 Å². The summed E-state index contributed by atoms with van der Waals surface area (Å²) in [6.45, 7) is 2.10. The molecule has 126 valence electrons. The van der Waals surface area contributed by atoms with Crippen LogP contribution in [-0.4, -0.2) is 16.3 Å². The summed E-state index contributed by atoms with van der Waals surface area (Å²) in [6.07, 6.45) is 4.02. The largest absolute Gasteiger partial charge is 0.508 e. The summed E-state index contributed by atoms with van der Waals surface area (Å²) in [4.78, 5) is 0. The third-order valence-corrected chi connectivity index (χ3v) is 5.58. The molecule has 1 fully saturated rings. The molecule has 2 N–H and O–H groups in total.